The van der Waals surface area contributed by atoms with E-state index >= 15 is 0 Å². The second kappa shape index (κ2) is 4.46. The lowest BCUT2D eigenvalue weighted by Crippen LogP contribution is -2.43. The zero-order valence-electron chi connectivity index (χ0n) is 11.0. The molecule has 1 aromatic heterocycles. The Balaban J connectivity index is 2.43. The molecule has 2 rings (SSSR count). The first-order valence-corrected chi connectivity index (χ1v) is 6.01. The van der Waals surface area contributed by atoms with Gasteiger partial charge < -0.3 is 4.57 Å². The predicted octanol–water partition coefficient (Wildman–Crippen LogP) is 1.97. The topological polar surface area (TPSA) is 60.0 Å². The largest absolute Gasteiger partial charge is 0.344 e. The average Bonchev–Trinajstić information content (AvgIpc) is 2.65. The van der Waals surface area contributed by atoms with E-state index in [9.17, 15) is 4.79 Å². The Morgan fingerprint density at radius 2 is 2.06 bits per heavy atom. The first-order chi connectivity index (χ1) is 8.45. The lowest BCUT2D eigenvalue weighted by atomic mass is 9.92. The summed E-state index contributed by atoms with van der Waals surface area (Å²) in [7, 11) is 0. The summed E-state index contributed by atoms with van der Waals surface area (Å²) in [5, 5.41) is 1.19. The number of carbonyl (C=O) groups is 1. The molecule has 1 heterocycles. The summed E-state index contributed by atoms with van der Waals surface area (Å²) in [5.74, 6) is 5.08. The van der Waals surface area contributed by atoms with Crippen LogP contribution in [0.3, 0.4) is 0 Å². The number of carbonyl (C=O) groups excluding carboxylic acids is 1. The van der Waals surface area contributed by atoms with Gasteiger partial charge in [0.1, 0.15) is 0 Å². The average molecular weight is 245 g/mol. The van der Waals surface area contributed by atoms with Gasteiger partial charge in [-0.05, 0) is 38.3 Å². The van der Waals surface area contributed by atoms with E-state index < -0.39 is 5.41 Å². The van der Waals surface area contributed by atoms with Gasteiger partial charge in [0.25, 0.3) is 0 Å². The molecule has 18 heavy (non-hydrogen) atoms. The van der Waals surface area contributed by atoms with Crippen LogP contribution in [0.25, 0.3) is 10.9 Å². The van der Waals surface area contributed by atoms with Crippen LogP contribution in [0, 0.1) is 12.3 Å². The van der Waals surface area contributed by atoms with Gasteiger partial charge in [0.15, 0.2) is 0 Å². The minimum Gasteiger partial charge on any atom is -0.344 e. The molecule has 3 N–H and O–H groups in total. The molecule has 1 aromatic carbocycles. The van der Waals surface area contributed by atoms with Gasteiger partial charge in [-0.1, -0.05) is 18.2 Å². The van der Waals surface area contributed by atoms with Crippen molar-refractivity contribution in [2.24, 2.45) is 11.3 Å². The Morgan fingerprint density at radius 3 is 2.72 bits per heavy atom. The normalized spacial score (nSPS) is 11.8. The molecule has 0 fully saturated rings. The molecule has 0 aliphatic rings. The second-order valence-corrected chi connectivity index (χ2v) is 5.29. The number of nitrogens with zero attached hydrogens (tertiary/aromatic N) is 1. The van der Waals surface area contributed by atoms with Crippen LogP contribution in [0.2, 0.25) is 0 Å². The van der Waals surface area contributed by atoms with Crippen LogP contribution in [0.5, 0.6) is 0 Å². The highest BCUT2D eigenvalue weighted by Crippen LogP contribution is 2.25. The number of benzene rings is 1. The minimum absolute atomic E-state index is 0.153. The third-order valence-electron chi connectivity index (χ3n) is 3.32. The summed E-state index contributed by atoms with van der Waals surface area (Å²) >= 11 is 0. The SMILES string of the molecule is Cc1cc2ccccc2n1CC(C)(C)C(=O)NN. The number of hydrogen-bond acceptors (Lipinski definition) is 2. The molecule has 0 aliphatic carbocycles. The maximum atomic E-state index is 11.8. The fourth-order valence-electron chi connectivity index (χ4n) is 2.22. The molecule has 1 amide bonds. The van der Waals surface area contributed by atoms with Gasteiger partial charge in [-0.25, -0.2) is 5.84 Å². The highest BCUT2D eigenvalue weighted by Gasteiger charge is 2.28. The highest BCUT2D eigenvalue weighted by molar-refractivity contribution is 5.83. The number of hydrogen-bond donors (Lipinski definition) is 2. The highest BCUT2D eigenvalue weighted by atomic mass is 16.2. The van der Waals surface area contributed by atoms with Gasteiger partial charge in [0.2, 0.25) is 5.91 Å². The van der Waals surface area contributed by atoms with Gasteiger partial charge in [-0.15, -0.1) is 0 Å². The molecule has 0 saturated heterocycles. The summed E-state index contributed by atoms with van der Waals surface area (Å²) in [5.41, 5.74) is 3.99. The molecule has 4 heteroatoms. The molecule has 4 nitrogen and oxygen atoms in total. The third-order valence-corrected chi connectivity index (χ3v) is 3.32. The fraction of sp³-hybridized carbons (Fsp3) is 0.357. The number of nitrogens with one attached hydrogen (secondary N) is 1. The van der Waals surface area contributed by atoms with Crippen LogP contribution in [-0.2, 0) is 11.3 Å². The van der Waals surface area contributed by atoms with Crippen molar-refractivity contribution in [2.75, 3.05) is 0 Å². The van der Waals surface area contributed by atoms with E-state index in [2.05, 4.69) is 35.1 Å². The van der Waals surface area contributed by atoms with Crippen molar-refractivity contribution in [1.82, 2.24) is 9.99 Å². The molecule has 0 saturated carbocycles. The zero-order chi connectivity index (χ0) is 13.3. The van der Waals surface area contributed by atoms with E-state index in [1.165, 1.54) is 5.39 Å². The zero-order valence-corrected chi connectivity index (χ0v) is 11.0. The van der Waals surface area contributed by atoms with Crippen LogP contribution >= 0.6 is 0 Å². The molecular weight excluding hydrogens is 226 g/mol. The van der Waals surface area contributed by atoms with Crippen molar-refractivity contribution in [1.29, 1.82) is 0 Å². The predicted molar refractivity (Wildman–Crippen MR) is 72.8 cm³/mol. The van der Waals surface area contributed by atoms with Gasteiger partial charge in [-0.3, -0.25) is 10.2 Å². The number of nitrogens with two attached hydrogens (primary N) is 1. The molecule has 0 spiro atoms. The maximum absolute atomic E-state index is 11.8. The summed E-state index contributed by atoms with van der Waals surface area (Å²) in [6.07, 6.45) is 0. The summed E-state index contributed by atoms with van der Waals surface area (Å²) in [6, 6.07) is 10.3. The van der Waals surface area contributed by atoms with Crippen LogP contribution in [0.1, 0.15) is 19.5 Å². The van der Waals surface area contributed by atoms with Crippen molar-refractivity contribution < 1.29 is 4.79 Å². The lowest BCUT2D eigenvalue weighted by molar-refractivity contribution is -0.130. The van der Waals surface area contributed by atoms with Gasteiger partial charge in [0.05, 0.1) is 5.41 Å². The van der Waals surface area contributed by atoms with E-state index in [-0.39, 0.29) is 5.91 Å². The number of aryl methyl sites for hydroxylation is 1. The first kappa shape index (κ1) is 12.6. The molecule has 0 aliphatic heterocycles. The van der Waals surface area contributed by atoms with Crippen molar-refractivity contribution in [3.05, 3.63) is 36.0 Å². The molecule has 0 atom stereocenters. The van der Waals surface area contributed by atoms with E-state index in [0.29, 0.717) is 6.54 Å². The van der Waals surface area contributed by atoms with Crippen LogP contribution in [0.15, 0.2) is 30.3 Å². The quantitative estimate of drug-likeness (QED) is 0.493. The van der Waals surface area contributed by atoms with Gasteiger partial charge >= 0.3 is 0 Å². The lowest BCUT2D eigenvalue weighted by Gasteiger charge is -2.24. The number of rotatable bonds is 3. The molecule has 2 aromatic rings. The molecule has 0 radical (unpaired) electrons. The molecule has 0 bridgehead atoms. The monoisotopic (exact) mass is 245 g/mol. The smallest absolute Gasteiger partial charge is 0.241 e. The number of hydrazine groups is 1. The number of fused-ring (bicyclic) bond motifs is 1. The third kappa shape index (κ3) is 2.11. The first-order valence-electron chi connectivity index (χ1n) is 6.01. The second-order valence-electron chi connectivity index (χ2n) is 5.29. The molecule has 96 valence electrons. The Kier molecular flexibility index (Phi) is 3.13. The fourth-order valence-corrected chi connectivity index (χ4v) is 2.22. The van der Waals surface area contributed by atoms with Gasteiger partial charge in [-0.2, -0.15) is 0 Å². The summed E-state index contributed by atoms with van der Waals surface area (Å²) in [6.45, 7) is 6.44. The van der Waals surface area contributed by atoms with E-state index in [4.69, 9.17) is 5.84 Å². The number of aromatic nitrogens is 1. The van der Waals surface area contributed by atoms with Crippen LogP contribution < -0.4 is 11.3 Å². The summed E-state index contributed by atoms with van der Waals surface area (Å²) in [4.78, 5) is 11.8. The Hall–Kier alpha value is -1.81. The van der Waals surface area contributed by atoms with E-state index in [0.717, 1.165) is 11.2 Å². The Bertz CT molecular complexity index is 584. The van der Waals surface area contributed by atoms with Crippen LogP contribution in [-0.4, -0.2) is 10.5 Å². The van der Waals surface area contributed by atoms with Crippen molar-refractivity contribution in [2.45, 2.75) is 27.3 Å². The Labute approximate surface area is 107 Å². The maximum Gasteiger partial charge on any atom is 0.241 e. The van der Waals surface area contributed by atoms with Crippen molar-refractivity contribution in [3.63, 3.8) is 0 Å². The number of para-hydroxylation sites is 1. The Morgan fingerprint density at radius 1 is 1.39 bits per heavy atom. The van der Waals surface area contributed by atoms with Gasteiger partial charge in [0, 0.05) is 17.8 Å². The van der Waals surface area contributed by atoms with Crippen molar-refractivity contribution >= 4 is 16.8 Å². The molecule has 0 unspecified atom stereocenters. The summed E-state index contributed by atoms with van der Waals surface area (Å²) < 4.78 is 2.16. The standard InChI is InChI=1S/C14H19N3O/c1-10-8-11-6-4-5-7-12(11)17(10)9-14(2,3)13(18)16-15/h4-8H,9,15H2,1-3H3,(H,16,18). The van der Waals surface area contributed by atoms with E-state index in [1.807, 2.05) is 26.0 Å². The number of amides is 1. The van der Waals surface area contributed by atoms with Crippen LogP contribution in [0.4, 0.5) is 0 Å². The van der Waals surface area contributed by atoms with E-state index in [1.54, 1.807) is 0 Å². The minimum atomic E-state index is -0.540. The van der Waals surface area contributed by atoms with Crippen molar-refractivity contribution in [3.8, 4) is 0 Å². The molecular formula is C14H19N3O.